The fourth-order valence-electron chi connectivity index (χ4n) is 4.60. The normalized spacial score (nSPS) is 26.7. The van der Waals surface area contributed by atoms with Crippen molar-refractivity contribution in [1.82, 2.24) is 0 Å². The predicted octanol–water partition coefficient (Wildman–Crippen LogP) is 4.71. The quantitative estimate of drug-likeness (QED) is 0.512. The van der Waals surface area contributed by atoms with Gasteiger partial charge < -0.3 is 22.9 Å². The third-order valence-electron chi connectivity index (χ3n) is 5.92. The molecule has 1 spiro atoms. The molecule has 1 aromatic heterocycles. The van der Waals surface area contributed by atoms with Gasteiger partial charge in [-0.25, -0.2) is 0 Å². The second-order valence-electron chi connectivity index (χ2n) is 7.72. The smallest absolute Gasteiger partial charge is 0.338 e. The van der Waals surface area contributed by atoms with Gasteiger partial charge in [0.15, 0.2) is 5.79 Å². The number of hydrogen-bond acceptors (Lipinski definition) is 6. The summed E-state index contributed by atoms with van der Waals surface area (Å²) in [6.45, 7) is 7.92. The van der Waals surface area contributed by atoms with E-state index in [9.17, 15) is 4.57 Å². The van der Waals surface area contributed by atoms with Crippen molar-refractivity contribution in [3.8, 4) is 0 Å². The molecular weight excluding hydrogens is 367 g/mol. The lowest BCUT2D eigenvalue weighted by molar-refractivity contribution is -0.173. The number of rotatable bonds is 6. The first-order valence-corrected chi connectivity index (χ1v) is 11.6. The molecule has 150 valence electrons. The average Bonchev–Trinajstić information content (AvgIpc) is 3.24. The van der Waals surface area contributed by atoms with Crippen LogP contribution in [0.2, 0.25) is 0 Å². The van der Waals surface area contributed by atoms with E-state index in [-0.39, 0.29) is 11.6 Å². The van der Waals surface area contributed by atoms with Gasteiger partial charge in [-0.15, -0.1) is 0 Å². The topological polar surface area (TPSA) is 67.1 Å². The van der Waals surface area contributed by atoms with Gasteiger partial charge in [-0.1, -0.05) is 11.6 Å². The Balaban J connectivity index is 1.58. The van der Waals surface area contributed by atoms with Crippen LogP contribution in [0.3, 0.4) is 0 Å². The van der Waals surface area contributed by atoms with Crippen LogP contribution in [0.4, 0.5) is 0 Å². The molecule has 1 aliphatic heterocycles. The predicted molar refractivity (Wildman–Crippen MR) is 101 cm³/mol. The standard InChI is InChI=1S/C20H29O6P/c1-4-24-27(21,25-5-2)14-17-12-15-6-7-16-13-20(22-10-11-23-20)9-8-19(16,3)18(15)26-17/h7,12H,4-6,8-11,13-14H2,1-3H3/t19-/m0/s1. The van der Waals surface area contributed by atoms with Crippen molar-refractivity contribution >= 4 is 7.60 Å². The molecule has 0 radical (unpaired) electrons. The molecule has 1 saturated heterocycles. The van der Waals surface area contributed by atoms with Gasteiger partial charge in [0, 0.05) is 18.3 Å². The van der Waals surface area contributed by atoms with E-state index in [0.717, 1.165) is 31.4 Å². The third-order valence-corrected chi connectivity index (χ3v) is 7.92. The zero-order valence-electron chi connectivity index (χ0n) is 16.4. The molecular formula is C20H29O6P. The van der Waals surface area contributed by atoms with Crippen molar-refractivity contribution in [2.45, 2.75) is 63.8 Å². The van der Waals surface area contributed by atoms with Gasteiger partial charge in [0.25, 0.3) is 0 Å². The molecule has 2 aliphatic carbocycles. The molecule has 27 heavy (non-hydrogen) atoms. The van der Waals surface area contributed by atoms with E-state index in [1.165, 1.54) is 11.1 Å². The summed E-state index contributed by atoms with van der Waals surface area (Å²) in [6.07, 6.45) is 5.82. The summed E-state index contributed by atoms with van der Waals surface area (Å²) in [5, 5.41) is 0. The maximum atomic E-state index is 12.9. The SMILES string of the molecule is CCOP(=O)(Cc1cc2c(o1)[C@@]1(C)CCC3(CC1=CC2)OCCO3)OCC. The summed E-state index contributed by atoms with van der Waals surface area (Å²) in [7, 11) is -3.18. The Labute approximate surface area is 160 Å². The fraction of sp³-hybridized carbons (Fsp3) is 0.700. The minimum absolute atomic E-state index is 0.159. The first kappa shape index (κ1) is 19.4. The number of allylic oxidation sites excluding steroid dienone is 1. The van der Waals surface area contributed by atoms with Gasteiger partial charge in [0.05, 0.1) is 26.4 Å². The van der Waals surface area contributed by atoms with Crippen molar-refractivity contribution in [2.24, 2.45) is 0 Å². The maximum Gasteiger partial charge on any atom is 0.338 e. The molecule has 1 atom stereocenters. The van der Waals surface area contributed by atoms with Gasteiger partial charge in [-0.3, -0.25) is 4.57 Å². The van der Waals surface area contributed by atoms with Crippen LogP contribution in [-0.2, 0) is 41.1 Å². The molecule has 0 unspecified atom stereocenters. The van der Waals surface area contributed by atoms with E-state index in [1.54, 1.807) is 0 Å². The van der Waals surface area contributed by atoms with Gasteiger partial charge in [0.2, 0.25) is 0 Å². The van der Waals surface area contributed by atoms with Gasteiger partial charge in [-0.2, -0.15) is 0 Å². The Kier molecular flexibility index (Phi) is 5.15. The van der Waals surface area contributed by atoms with Crippen LogP contribution in [0, 0.1) is 0 Å². The van der Waals surface area contributed by atoms with E-state index in [4.69, 9.17) is 22.9 Å². The Morgan fingerprint density at radius 1 is 1.15 bits per heavy atom. The highest BCUT2D eigenvalue weighted by atomic mass is 31.2. The molecule has 0 aromatic carbocycles. The minimum Gasteiger partial charge on any atom is -0.464 e. The molecule has 1 aromatic rings. The second-order valence-corrected chi connectivity index (χ2v) is 9.78. The van der Waals surface area contributed by atoms with Crippen LogP contribution in [-0.4, -0.2) is 32.2 Å². The van der Waals surface area contributed by atoms with Crippen molar-refractivity contribution in [2.75, 3.05) is 26.4 Å². The van der Waals surface area contributed by atoms with Crippen LogP contribution in [0.25, 0.3) is 0 Å². The van der Waals surface area contributed by atoms with E-state index in [1.807, 2.05) is 19.9 Å². The van der Waals surface area contributed by atoms with Crippen LogP contribution >= 0.6 is 7.60 Å². The van der Waals surface area contributed by atoms with Crippen molar-refractivity contribution in [1.29, 1.82) is 0 Å². The molecule has 6 nitrogen and oxygen atoms in total. The highest BCUT2D eigenvalue weighted by Crippen LogP contribution is 2.55. The highest BCUT2D eigenvalue weighted by molar-refractivity contribution is 7.53. The number of hydrogen-bond donors (Lipinski definition) is 0. The minimum atomic E-state index is -3.18. The van der Waals surface area contributed by atoms with E-state index in [0.29, 0.717) is 32.2 Å². The first-order valence-electron chi connectivity index (χ1n) is 9.89. The van der Waals surface area contributed by atoms with Crippen LogP contribution in [0.15, 0.2) is 22.1 Å². The lowest BCUT2D eigenvalue weighted by Gasteiger charge is -2.44. The lowest BCUT2D eigenvalue weighted by Crippen LogP contribution is -2.43. The number of fused-ring (bicyclic) bond motifs is 3. The van der Waals surface area contributed by atoms with Gasteiger partial charge >= 0.3 is 7.60 Å². The Hall–Kier alpha value is -0.910. The molecule has 1 saturated carbocycles. The van der Waals surface area contributed by atoms with Crippen LogP contribution in [0.1, 0.15) is 57.1 Å². The first-order chi connectivity index (χ1) is 12.9. The summed E-state index contributed by atoms with van der Waals surface area (Å²) in [6, 6.07) is 2.02. The fourth-order valence-corrected chi connectivity index (χ4v) is 6.18. The summed E-state index contributed by atoms with van der Waals surface area (Å²) >= 11 is 0. The summed E-state index contributed by atoms with van der Waals surface area (Å²) < 4.78 is 41.8. The highest BCUT2D eigenvalue weighted by Gasteiger charge is 2.50. The van der Waals surface area contributed by atoms with Crippen LogP contribution < -0.4 is 0 Å². The summed E-state index contributed by atoms with van der Waals surface area (Å²) in [5.41, 5.74) is 2.33. The molecule has 7 heteroatoms. The van der Waals surface area contributed by atoms with E-state index in [2.05, 4.69) is 13.0 Å². The molecule has 0 N–H and O–H groups in total. The van der Waals surface area contributed by atoms with Gasteiger partial charge in [-0.05, 0) is 45.2 Å². The molecule has 2 fully saturated rings. The van der Waals surface area contributed by atoms with Crippen molar-refractivity contribution < 1.29 is 27.5 Å². The van der Waals surface area contributed by atoms with Gasteiger partial charge in [0.1, 0.15) is 17.7 Å². The number of furan rings is 1. The Morgan fingerprint density at radius 2 is 1.85 bits per heavy atom. The maximum absolute atomic E-state index is 12.9. The van der Waals surface area contributed by atoms with E-state index >= 15 is 0 Å². The lowest BCUT2D eigenvalue weighted by atomic mass is 9.65. The largest absolute Gasteiger partial charge is 0.464 e. The van der Waals surface area contributed by atoms with Crippen molar-refractivity contribution in [3.05, 3.63) is 34.8 Å². The van der Waals surface area contributed by atoms with E-state index < -0.39 is 13.4 Å². The zero-order chi connectivity index (χ0) is 19.1. The van der Waals surface area contributed by atoms with Crippen molar-refractivity contribution in [3.63, 3.8) is 0 Å². The summed E-state index contributed by atoms with van der Waals surface area (Å²) in [4.78, 5) is 0. The third kappa shape index (κ3) is 3.47. The molecule has 0 amide bonds. The average molecular weight is 396 g/mol. The Bertz CT molecular complexity index is 765. The molecule has 0 bridgehead atoms. The zero-order valence-corrected chi connectivity index (χ0v) is 17.3. The molecule has 2 heterocycles. The Morgan fingerprint density at radius 3 is 2.52 bits per heavy atom. The summed E-state index contributed by atoms with van der Waals surface area (Å²) in [5.74, 6) is 1.22. The molecule has 4 rings (SSSR count). The monoisotopic (exact) mass is 396 g/mol. The second kappa shape index (κ2) is 7.16. The van der Waals surface area contributed by atoms with Crippen LogP contribution in [0.5, 0.6) is 0 Å². The molecule has 3 aliphatic rings. The number of ether oxygens (including phenoxy) is 2.